The molecule has 0 saturated carbocycles. The van der Waals surface area contributed by atoms with Gasteiger partial charge in [-0.05, 0) is 20.8 Å². The van der Waals surface area contributed by atoms with Crippen LogP contribution in [-0.4, -0.2) is 37.7 Å². The van der Waals surface area contributed by atoms with Crippen LogP contribution >= 0.6 is 7.60 Å². The molecule has 8 heteroatoms. The van der Waals surface area contributed by atoms with Crippen LogP contribution in [0.3, 0.4) is 0 Å². The van der Waals surface area contributed by atoms with Gasteiger partial charge in [-0.1, -0.05) is 0 Å². The van der Waals surface area contributed by atoms with Crippen molar-refractivity contribution in [3.63, 3.8) is 0 Å². The topological polar surface area (TPSA) is 91.3 Å². The van der Waals surface area contributed by atoms with Crippen LogP contribution in [0.4, 0.5) is 0 Å². The van der Waals surface area contributed by atoms with Crippen molar-refractivity contribution in [2.45, 2.75) is 26.6 Å². The van der Waals surface area contributed by atoms with Gasteiger partial charge in [0.1, 0.15) is 0 Å². The first-order valence-electron chi connectivity index (χ1n) is 5.18. The lowest BCUT2D eigenvalue weighted by Crippen LogP contribution is -2.24. The molecule has 1 unspecified atom stereocenters. The average molecular weight is 265 g/mol. The van der Waals surface area contributed by atoms with Gasteiger partial charge >= 0.3 is 13.6 Å². The molecule has 0 saturated heterocycles. The van der Waals surface area contributed by atoms with Crippen LogP contribution in [-0.2, 0) is 27.9 Å². The molecule has 0 aliphatic carbocycles. The van der Waals surface area contributed by atoms with Gasteiger partial charge in [-0.15, -0.1) is 0 Å². The molecule has 0 aliphatic rings. The van der Waals surface area contributed by atoms with Crippen LogP contribution in [0, 0.1) is 0 Å². The second-order valence-electron chi connectivity index (χ2n) is 2.72. The van der Waals surface area contributed by atoms with Crippen molar-refractivity contribution in [1.29, 1.82) is 0 Å². The summed E-state index contributed by atoms with van der Waals surface area (Å²) in [7, 11) is -3.84. The quantitative estimate of drug-likeness (QED) is 0.285. The Morgan fingerprint density at radius 3 is 2.12 bits per heavy atom. The Bertz CT molecular complexity index is 328. The SMILES string of the molecule is CCOC(=O)C(N=C=O)P(=O)(OCC)OCC. The molecule has 98 valence electrons. The molecule has 0 aromatic carbocycles. The Balaban J connectivity index is 5.15. The lowest BCUT2D eigenvalue weighted by Gasteiger charge is -2.20. The largest absolute Gasteiger partial charge is 0.464 e. The monoisotopic (exact) mass is 265 g/mol. The number of hydrogen-bond acceptors (Lipinski definition) is 7. The highest BCUT2D eigenvalue weighted by molar-refractivity contribution is 7.55. The molecule has 0 radical (unpaired) electrons. The molecule has 7 nitrogen and oxygen atoms in total. The standard InChI is InChI=1S/C9H16NO6P/c1-4-14-9(12)8(10-7-11)17(13,15-5-2)16-6-3/h8H,4-6H2,1-3H3. The molecule has 0 rings (SSSR count). The van der Waals surface area contributed by atoms with E-state index in [2.05, 4.69) is 9.73 Å². The van der Waals surface area contributed by atoms with E-state index in [0.29, 0.717) is 0 Å². The number of nitrogens with zero attached hydrogens (tertiary/aromatic N) is 1. The highest BCUT2D eigenvalue weighted by Crippen LogP contribution is 2.53. The third-order valence-corrected chi connectivity index (χ3v) is 3.75. The fourth-order valence-electron chi connectivity index (χ4n) is 1.06. The first-order valence-corrected chi connectivity index (χ1v) is 6.79. The summed E-state index contributed by atoms with van der Waals surface area (Å²) in [5.41, 5.74) is 0. The summed E-state index contributed by atoms with van der Waals surface area (Å²) < 4.78 is 26.7. The van der Waals surface area contributed by atoms with E-state index in [0.717, 1.165) is 0 Å². The zero-order valence-corrected chi connectivity index (χ0v) is 10.9. The second kappa shape index (κ2) is 8.14. The van der Waals surface area contributed by atoms with Crippen molar-refractivity contribution >= 4 is 19.6 Å². The van der Waals surface area contributed by atoms with Gasteiger partial charge in [-0.2, -0.15) is 4.99 Å². The summed E-state index contributed by atoms with van der Waals surface area (Å²) >= 11 is 0. The predicted octanol–water partition coefficient (Wildman–Crippen LogP) is 1.48. The third-order valence-electron chi connectivity index (χ3n) is 1.59. The maximum absolute atomic E-state index is 12.2. The molecule has 0 aromatic rings. The fourth-order valence-corrected chi connectivity index (χ4v) is 2.66. The molecule has 0 fully saturated rings. The summed E-state index contributed by atoms with van der Waals surface area (Å²) in [6.07, 6.45) is 1.17. The summed E-state index contributed by atoms with van der Waals surface area (Å²) in [6, 6.07) is 0. The van der Waals surface area contributed by atoms with Crippen LogP contribution < -0.4 is 0 Å². The Kier molecular flexibility index (Phi) is 7.66. The Labute approximate surface area is 99.7 Å². The van der Waals surface area contributed by atoms with Crippen LogP contribution in [0.5, 0.6) is 0 Å². The summed E-state index contributed by atoms with van der Waals surface area (Å²) in [5.74, 6) is -2.54. The average Bonchev–Trinajstić information content (AvgIpc) is 2.26. The molecular formula is C9H16NO6P. The van der Waals surface area contributed by atoms with Gasteiger partial charge in [0.15, 0.2) is 0 Å². The van der Waals surface area contributed by atoms with E-state index in [4.69, 9.17) is 9.05 Å². The van der Waals surface area contributed by atoms with Crippen molar-refractivity contribution in [3.8, 4) is 0 Å². The van der Waals surface area contributed by atoms with E-state index in [-0.39, 0.29) is 19.8 Å². The number of isocyanates is 1. The first kappa shape index (κ1) is 16.0. The summed E-state index contributed by atoms with van der Waals surface area (Å²) in [4.78, 5) is 24.9. The van der Waals surface area contributed by atoms with Crippen LogP contribution in [0.25, 0.3) is 0 Å². The van der Waals surface area contributed by atoms with Crippen molar-refractivity contribution in [1.82, 2.24) is 0 Å². The minimum Gasteiger partial charge on any atom is -0.464 e. The Morgan fingerprint density at radius 1 is 1.24 bits per heavy atom. The van der Waals surface area contributed by atoms with E-state index in [1.54, 1.807) is 20.8 Å². The highest BCUT2D eigenvalue weighted by Gasteiger charge is 2.42. The molecule has 0 heterocycles. The number of carbonyl (C=O) groups is 1. The van der Waals surface area contributed by atoms with Gasteiger partial charge in [-0.3, -0.25) is 4.57 Å². The third kappa shape index (κ3) is 4.79. The fraction of sp³-hybridized carbons (Fsp3) is 0.778. The van der Waals surface area contributed by atoms with Gasteiger partial charge < -0.3 is 13.8 Å². The lowest BCUT2D eigenvalue weighted by atomic mass is 10.6. The molecule has 0 bridgehead atoms. The van der Waals surface area contributed by atoms with E-state index >= 15 is 0 Å². The van der Waals surface area contributed by atoms with Gasteiger partial charge in [0, 0.05) is 0 Å². The Hall–Kier alpha value is -1.00. The zero-order chi connectivity index (χ0) is 13.3. The molecule has 1 atom stereocenters. The van der Waals surface area contributed by atoms with E-state index < -0.39 is 19.3 Å². The number of esters is 1. The molecule has 17 heavy (non-hydrogen) atoms. The smallest absolute Gasteiger partial charge is 0.367 e. The number of hydrogen-bond donors (Lipinski definition) is 0. The van der Waals surface area contributed by atoms with Crippen molar-refractivity contribution in [2.24, 2.45) is 4.99 Å². The number of aliphatic imine (C=N–C) groups is 1. The molecule has 0 N–H and O–H groups in total. The summed E-state index contributed by atoms with van der Waals surface area (Å²) in [5, 5.41) is 0. The highest BCUT2D eigenvalue weighted by atomic mass is 31.2. The van der Waals surface area contributed by atoms with Gasteiger partial charge in [0.2, 0.25) is 6.08 Å². The minimum absolute atomic E-state index is 0.0571. The number of carbonyl (C=O) groups excluding carboxylic acids is 2. The van der Waals surface area contributed by atoms with Crippen molar-refractivity contribution in [2.75, 3.05) is 19.8 Å². The Morgan fingerprint density at radius 2 is 1.76 bits per heavy atom. The van der Waals surface area contributed by atoms with E-state index in [9.17, 15) is 14.2 Å². The normalized spacial score (nSPS) is 12.6. The molecule has 0 spiro atoms. The molecular weight excluding hydrogens is 249 g/mol. The maximum Gasteiger partial charge on any atom is 0.367 e. The maximum atomic E-state index is 12.2. The number of ether oxygens (including phenoxy) is 1. The van der Waals surface area contributed by atoms with E-state index in [1.807, 2.05) is 0 Å². The van der Waals surface area contributed by atoms with Gasteiger partial charge in [0.25, 0.3) is 5.78 Å². The van der Waals surface area contributed by atoms with Crippen molar-refractivity contribution < 1.29 is 27.9 Å². The van der Waals surface area contributed by atoms with E-state index in [1.165, 1.54) is 6.08 Å². The van der Waals surface area contributed by atoms with Crippen LogP contribution in [0.2, 0.25) is 0 Å². The lowest BCUT2D eigenvalue weighted by molar-refractivity contribution is -0.142. The zero-order valence-electron chi connectivity index (χ0n) is 10.0. The van der Waals surface area contributed by atoms with Crippen LogP contribution in [0.15, 0.2) is 4.99 Å². The second-order valence-corrected chi connectivity index (χ2v) is 4.81. The first-order chi connectivity index (χ1) is 8.05. The number of rotatable bonds is 8. The van der Waals surface area contributed by atoms with Gasteiger partial charge in [-0.25, -0.2) is 9.59 Å². The molecule has 0 aromatic heterocycles. The minimum atomic E-state index is -3.84. The van der Waals surface area contributed by atoms with Crippen molar-refractivity contribution in [3.05, 3.63) is 0 Å². The molecule has 0 aliphatic heterocycles. The van der Waals surface area contributed by atoms with Crippen LogP contribution in [0.1, 0.15) is 20.8 Å². The predicted molar refractivity (Wildman–Crippen MR) is 59.4 cm³/mol. The van der Waals surface area contributed by atoms with Gasteiger partial charge in [0.05, 0.1) is 19.8 Å². The summed E-state index contributed by atoms with van der Waals surface area (Å²) in [6.45, 7) is 4.92. The molecule has 0 amide bonds.